The van der Waals surface area contributed by atoms with Crippen LogP contribution in [0.25, 0.3) is 0 Å². The molecule has 0 aromatic heterocycles. The fourth-order valence-electron chi connectivity index (χ4n) is 5.09. The van der Waals surface area contributed by atoms with E-state index >= 15 is 0 Å². The van der Waals surface area contributed by atoms with Gasteiger partial charge >= 0.3 is 5.97 Å². The van der Waals surface area contributed by atoms with Gasteiger partial charge in [-0.15, -0.1) is 0 Å². The number of carboxylic acids is 1. The molecule has 0 saturated heterocycles. The molecule has 1 N–H and O–H groups in total. The first-order valence-corrected chi connectivity index (χ1v) is 6.36. The van der Waals surface area contributed by atoms with Crippen molar-refractivity contribution in [2.75, 3.05) is 6.54 Å². The van der Waals surface area contributed by atoms with E-state index in [1.54, 1.807) is 0 Å². The summed E-state index contributed by atoms with van der Waals surface area (Å²) in [5.74, 6) is 1.03. The Morgan fingerprint density at radius 3 is 2.76 bits per heavy atom. The molecular weight excluding hydrogens is 222 g/mol. The highest BCUT2D eigenvalue weighted by atomic mass is 16.6. The summed E-state index contributed by atoms with van der Waals surface area (Å²) in [5.41, 5.74) is -0.523. The van der Waals surface area contributed by atoms with Gasteiger partial charge in [-0.3, -0.25) is 14.9 Å². The van der Waals surface area contributed by atoms with Gasteiger partial charge in [0.05, 0.1) is 11.8 Å². The number of hydrogen-bond acceptors (Lipinski definition) is 3. The largest absolute Gasteiger partial charge is 0.481 e. The summed E-state index contributed by atoms with van der Waals surface area (Å²) in [5, 5.41) is 19.9. The molecule has 5 heteroatoms. The first kappa shape index (κ1) is 11.0. The molecule has 94 valence electrons. The zero-order valence-corrected chi connectivity index (χ0v) is 9.67. The predicted molar refractivity (Wildman–Crippen MR) is 59.0 cm³/mol. The molecule has 0 spiro atoms. The summed E-state index contributed by atoms with van der Waals surface area (Å²) >= 11 is 0. The van der Waals surface area contributed by atoms with Crippen LogP contribution < -0.4 is 0 Å². The second-order valence-electron chi connectivity index (χ2n) is 6.09. The highest BCUT2D eigenvalue weighted by Crippen LogP contribution is 2.70. The summed E-state index contributed by atoms with van der Waals surface area (Å²) in [6, 6.07) is 0. The number of carbonyl (C=O) groups is 1. The molecule has 3 rings (SSSR count). The average Bonchev–Trinajstić information content (AvgIpc) is 2.41. The molecule has 3 aliphatic rings. The highest BCUT2D eigenvalue weighted by Gasteiger charge is 2.68. The van der Waals surface area contributed by atoms with Crippen LogP contribution in [0.2, 0.25) is 0 Å². The van der Waals surface area contributed by atoms with Crippen molar-refractivity contribution in [1.29, 1.82) is 0 Å². The first-order chi connectivity index (χ1) is 8.03. The van der Waals surface area contributed by atoms with Gasteiger partial charge in [-0.25, -0.2) is 0 Å². The van der Waals surface area contributed by atoms with Crippen LogP contribution in [0, 0.1) is 39.2 Å². The van der Waals surface area contributed by atoms with E-state index in [9.17, 15) is 14.9 Å². The van der Waals surface area contributed by atoms with E-state index in [0.717, 1.165) is 19.3 Å². The molecule has 0 radical (unpaired) electrons. The highest BCUT2D eigenvalue weighted by molar-refractivity contribution is 5.68. The van der Waals surface area contributed by atoms with Crippen LogP contribution >= 0.6 is 0 Å². The molecule has 0 unspecified atom stereocenters. The minimum atomic E-state index is -0.874. The number of aliphatic carboxylic acids is 1. The maximum absolute atomic E-state index is 11.0. The number of hydrogen-bond donors (Lipinski definition) is 1. The van der Waals surface area contributed by atoms with Gasteiger partial charge in [0.25, 0.3) is 0 Å². The number of fused-ring (bicyclic) bond motifs is 1. The lowest BCUT2D eigenvalue weighted by molar-refractivity contribution is -0.511. The normalized spacial score (nSPS) is 46.4. The molecule has 0 aromatic rings. The Morgan fingerprint density at radius 2 is 2.12 bits per heavy atom. The van der Waals surface area contributed by atoms with E-state index in [4.69, 9.17) is 5.11 Å². The third kappa shape index (κ3) is 1.40. The van der Waals surface area contributed by atoms with Crippen molar-refractivity contribution in [2.45, 2.75) is 32.1 Å². The molecular formula is C12H17NO4. The molecule has 0 aliphatic heterocycles. The summed E-state index contributed by atoms with van der Waals surface area (Å²) < 4.78 is 0. The Kier molecular flexibility index (Phi) is 2.22. The fraction of sp³-hybridized carbons (Fsp3) is 0.917. The van der Waals surface area contributed by atoms with Crippen LogP contribution in [0.4, 0.5) is 0 Å². The minimum absolute atomic E-state index is 0.00741. The SMILES string of the molecule is O=C(O)C[C@]1(C[N+](=O)[O-])[C@H]2CC[C@@H]3C[C@@H]2[C@@H]1C3. The van der Waals surface area contributed by atoms with Gasteiger partial charge in [-0.2, -0.15) is 0 Å². The molecule has 2 bridgehead atoms. The Hall–Kier alpha value is -1.13. The quantitative estimate of drug-likeness (QED) is 0.599. The topological polar surface area (TPSA) is 80.4 Å². The summed E-state index contributed by atoms with van der Waals surface area (Å²) in [7, 11) is 0. The van der Waals surface area contributed by atoms with Crippen LogP contribution in [0.3, 0.4) is 0 Å². The van der Waals surface area contributed by atoms with Crippen LogP contribution in [-0.4, -0.2) is 22.5 Å². The monoisotopic (exact) mass is 239 g/mol. The lowest BCUT2D eigenvalue weighted by Crippen LogP contribution is -2.58. The maximum atomic E-state index is 11.0. The Labute approximate surface area is 99.3 Å². The van der Waals surface area contributed by atoms with Crippen molar-refractivity contribution >= 4 is 5.97 Å². The van der Waals surface area contributed by atoms with E-state index < -0.39 is 11.4 Å². The fourth-order valence-corrected chi connectivity index (χ4v) is 5.09. The molecule has 3 fully saturated rings. The van der Waals surface area contributed by atoms with Crippen LogP contribution in [0.15, 0.2) is 0 Å². The van der Waals surface area contributed by atoms with E-state index in [0.29, 0.717) is 23.7 Å². The zero-order chi connectivity index (χ0) is 12.2. The van der Waals surface area contributed by atoms with Gasteiger partial charge in [0.15, 0.2) is 0 Å². The zero-order valence-electron chi connectivity index (χ0n) is 9.67. The molecule has 0 heterocycles. The molecule has 3 aliphatic carbocycles. The van der Waals surface area contributed by atoms with Gasteiger partial charge in [-0.05, 0) is 42.9 Å². The number of rotatable bonds is 4. The maximum Gasteiger partial charge on any atom is 0.304 e. The van der Waals surface area contributed by atoms with Crippen LogP contribution in [-0.2, 0) is 4.79 Å². The van der Waals surface area contributed by atoms with Gasteiger partial charge in [0.2, 0.25) is 6.54 Å². The van der Waals surface area contributed by atoms with Crippen molar-refractivity contribution in [2.24, 2.45) is 29.1 Å². The van der Waals surface area contributed by atoms with Crippen LogP contribution in [0.5, 0.6) is 0 Å². The smallest absolute Gasteiger partial charge is 0.304 e. The van der Waals surface area contributed by atoms with E-state index in [1.807, 2.05) is 0 Å². The lowest BCUT2D eigenvalue weighted by Gasteiger charge is -2.57. The van der Waals surface area contributed by atoms with Crippen molar-refractivity contribution < 1.29 is 14.8 Å². The molecule has 3 saturated carbocycles. The molecule has 5 atom stereocenters. The number of carboxylic acid groups (broad SMARTS) is 1. The van der Waals surface area contributed by atoms with Crippen molar-refractivity contribution in [3.8, 4) is 0 Å². The molecule has 0 aromatic carbocycles. The van der Waals surface area contributed by atoms with E-state index in [-0.39, 0.29) is 17.9 Å². The molecule has 0 amide bonds. The van der Waals surface area contributed by atoms with Crippen molar-refractivity contribution in [1.82, 2.24) is 0 Å². The number of nitro groups is 1. The van der Waals surface area contributed by atoms with E-state index in [2.05, 4.69) is 0 Å². The van der Waals surface area contributed by atoms with Gasteiger partial charge < -0.3 is 5.11 Å². The van der Waals surface area contributed by atoms with Gasteiger partial charge in [0.1, 0.15) is 0 Å². The molecule has 5 nitrogen and oxygen atoms in total. The molecule has 17 heavy (non-hydrogen) atoms. The minimum Gasteiger partial charge on any atom is -0.481 e. The number of nitrogens with zero attached hydrogens (tertiary/aromatic N) is 1. The van der Waals surface area contributed by atoms with Gasteiger partial charge in [0, 0.05) is 4.92 Å². The van der Waals surface area contributed by atoms with Crippen molar-refractivity contribution in [3.05, 3.63) is 10.1 Å². The second-order valence-corrected chi connectivity index (χ2v) is 6.09. The lowest BCUT2D eigenvalue weighted by atomic mass is 9.45. The summed E-state index contributed by atoms with van der Waals surface area (Å²) in [6.07, 6.45) is 4.37. The second kappa shape index (κ2) is 3.43. The Balaban J connectivity index is 1.89. The first-order valence-electron chi connectivity index (χ1n) is 6.36. The third-order valence-corrected chi connectivity index (χ3v) is 5.49. The standard InChI is InChI=1S/C12H17NO4/c14-11(15)5-12(6-13(16)17)9-2-1-7-3-8(9)10(12)4-7/h7-10H,1-6H2,(H,14,15)/t7-,8+,9+,10+,12+/m1/s1. The van der Waals surface area contributed by atoms with Crippen LogP contribution in [0.1, 0.15) is 32.1 Å². The summed E-state index contributed by atoms with van der Waals surface area (Å²) in [4.78, 5) is 21.6. The Morgan fingerprint density at radius 1 is 1.35 bits per heavy atom. The van der Waals surface area contributed by atoms with Gasteiger partial charge in [-0.1, -0.05) is 6.42 Å². The predicted octanol–water partition coefficient (Wildman–Crippen LogP) is 1.79. The van der Waals surface area contributed by atoms with Crippen molar-refractivity contribution in [3.63, 3.8) is 0 Å². The summed E-state index contributed by atoms with van der Waals surface area (Å²) in [6.45, 7) is -0.141. The third-order valence-electron chi connectivity index (χ3n) is 5.49. The Bertz CT molecular complexity index is 357. The average molecular weight is 239 g/mol. The van der Waals surface area contributed by atoms with E-state index in [1.165, 1.54) is 6.42 Å².